The van der Waals surface area contributed by atoms with Gasteiger partial charge in [0.2, 0.25) is 0 Å². The molecule has 1 N–H and O–H groups in total. The van der Waals surface area contributed by atoms with Crippen LogP contribution in [0.1, 0.15) is 94.6 Å². The van der Waals surface area contributed by atoms with E-state index in [9.17, 15) is 9.90 Å². The van der Waals surface area contributed by atoms with Crippen molar-refractivity contribution >= 4 is 27.5 Å². The first-order chi connectivity index (χ1) is 16.2. The lowest BCUT2D eigenvalue weighted by Crippen LogP contribution is -2.36. The summed E-state index contributed by atoms with van der Waals surface area (Å²) in [5.74, 6) is 3.03. The monoisotopic (exact) mass is 503 g/mol. The number of benzene rings is 1. The number of aromatic hydroxyl groups is 1. The molecule has 0 unspecified atom stereocenters. The van der Waals surface area contributed by atoms with E-state index >= 15 is 0 Å². The Balaban J connectivity index is 1.65. The van der Waals surface area contributed by atoms with Crippen molar-refractivity contribution in [3.63, 3.8) is 0 Å². The molecule has 2 heterocycles. The highest BCUT2D eigenvalue weighted by Gasteiger charge is 2.39. The molecule has 0 fully saturated rings. The molecule has 2 aliphatic rings. The molecule has 2 aliphatic heterocycles. The van der Waals surface area contributed by atoms with Crippen LogP contribution in [0.4, 0.5) is 0 Å². The summed E-state index contributed by atoms with van der Waals surface area (Å²) >= 11 is 0. The average molecular weight is 504 g/mol. The summed E-state index contributed by atoms with van der Waals surface area (Å²) < 4.78 is 6.60. The Labute approximate surface area is 214 Å². The van der Waals surface area contributed by atoms with Crippen LogP contribution in [0, 0.1) is 0 Å². The molecular weight excluding hydrogens is 462 g/mol. The van der Waals surface area contributed by atoms with E-state index < -0.39 is 0 Å². The topological polar surface area (TPSA) is 49.8 Å². The number of allylic oxidation sites excluding steroid dienone is 4. The van der Waals surface area contributed by atoms with E-state index in [0.29, 0.717) is 12.1 Å². The van der Waals surface area contributed by atoms with Crippen LogP contribution in [0.2, 0.25) is 0 Å². The van der Waals surface area contributed by atoms with Crippen molar-refractivity contribution in [2.45, 2.75) is 91.7 Å². The summed E-state index contributed by atoms with van der Waals surface area (Å²) in [6.07, 6.45) is 11.6. The second-order valence-corrected chi connectivity index (χ2v) is 12.8. The van der Waals surface area contributed by atoms with Gasteiger partial charge in [0.05, 0.1) is 12.1 Å². The van der Waals surface area contributed by atoms with Crippen LogP contribution < -0.4 is 4.74 Å². The molecule has 1 aromatic rings. The van der Waals surface area contributed by atoms with Crippen molar-refractivity contribution in [2.24, 2.45) is 0 Å². The highest BCUT2D eigenvalue weighted by Crippen LogP contribution is 2.46. The largest absolute Gasteiger partial charge is 0.508 e. The predicted octanol–water partition coefficient (Wildman–Crippen LogP) is 7.70. The number of hydrogen-bond donors (Lipinski definition) is 1. The van der Waals surface area contributed by atoms with Crippen molar-refractivity contribution in [1.29, 1.82) is 0 Å². The van der Waals surface area contributed by atoms with Gasteiger partial charge in [-0.2, -0.15) is 0 Å². The van der Waals surface area contributed by atoms with Gasteiger partial charge in [0, 0.05) is 29.2 Å². The van der Waals surface area contributed by atoms with Crippen LogP contribution >= 0.6 is 21.6 Å². The van der Waals surface area contributed by atoms with E-state index in [1.807, 2.05) is 26.5 Å². The van der Waals surface area contributed by atoms with Gasteiger partial charge in [-0.1, -0.05) is 51.8 Å². The Bertz CT molecular complexity index is 936. The Morgan fingerprint density at radius 3 is 2.68 bits per heavy atom. The van der Waals surface area contributed by atoms with Crippen LogP contribution in [0.3, 0.4) is 0 Å². The van der Waals surface area contributed by atoms with Gasteiger partial charge in [0.15, 0.2) is 0 Å². The van der Waals surface area contributed by atoms with Gasteiger partial charge in [-0.3, -0.25) is 4.79 Å². The van der Waals surface area contributed by atoms with Crippen LogP contribution in [0.5, 0.6) is 11.5 Å². The van der Waals surface area contributed by atoms with E-state index in [1.54, 1.807) is 6.07 Å². The molecule has 0 saturated carbocycles. The number of phenolic OH excluding ortho intramolecular Hbond substituents is 1. The van der Waals surface area contributed by atoms with Gasteiger partial charge < -0.3 is 14.7 Å². The van der Waals surface area contributed by atoms with Gasteiger partial charge in [-0.05, 0) is 78.7 Å². The van der Waals surface area contributed by atoms with Crippen LogP contribution in [0.25, 0.3) is 0 Å². The third-order valence-corrected chi connectivity index (χ3v) is 9.25. The van der Waals surface area contributed by atoms with Crippen molar-refractivity contribution in [3.8, 4) is 11.5 Å². The van der Waals surface area contributed by atoms with Gasteiger partial charge in [-0.25, -0.2) is 0 Å². The predicted molar refractivity (Wildman–Crippen MR) is 147 cm³/mol. The summed E-state index contributed by atoms with van der Waals surface area (Å²) in [6, 6.07) is 1.67. The first-order valence-corrected chi connectivity index (χ1v) is 15.1. The van der Waals surface area contributed by atoms with Crippen molar-refractivity contribution in [1.82, 2.24) is 4.90 Å². The van der Waals surface area contributed by atoms with E-state index in [0.717, 1.165) is 73.5 Å². The maximum absolute atomic E-state index is 13.0. The molecule has 0 spiro atoms. The zero-order valence-corrected chi connectivity index (χ0v) is 23.2. The number of phenols is 1. The first kappa shape index (κ1) is 27.1. The average Bonchev–Trinajstić information content (AvgIpc) is 3.09. The zero-order valence-electron chi connectivity index (χ0n) is 21.5. The molecule has 0 saturated heterocycles. The Hall–Kier alpha value is -1.53. The molecule has 1 amide bonds. The van der Waals surface area contributed by atoms with E-state index in [4.69, 9.17) is 4.74 Å². The number of hydrogen-bond acceptors (Lipinski definition) is 5. The lowest BCUT2D eigenvalue weighted by molar-refractivity contribution is 0.0548. The maximum Gasteiger partial charge on any atom is 0.254 e. The van der Waals surface area contributed by atoms with Crippen molar-refractivity contribution < 1.29 is 14.6 Å². The van der Waals surface area contributed by atoms with Gasteiger partial charge in [0.1, 0.15) is 17.1 Å². The summed E-state index contributed by atoms with van der Waals surface area (Å²) in [5.41, 5.74) is 4.95. The SMILES string of the molecule is CCCSSCCN1Cc2c(cc(O)c3c2O[C@@](C)(CC/C=C(\C)CCC=C(C)C)CC3)C1=O. The molecule has 1 atom stereocenters. The van der Waals surface area contributed by atoms with E-state index in [-0.39, 0.29) is 17.3 Å². The number of nitrogens with zero attached hydrogens (tertiary/aromatic N) is 1. The van der Waals surface area contributed by atoms with E-state index in [2.05, 4.69) is 46.8 Å². The normalized spacial score (nSPS) is 19.6. The fourth-order valence-electron chi connectivity index (χ4n) is 4.58. The second kappa shape index (κ2) is 12.4. The standard InChI is InChI=1S/C28H41NO3S2/c1-6-16-33-34-17-15-29-19-24-23(27(29)31)18-25(30)22-12-14-28(5,32-26(22)24)13-8-11-21(4)10-7-9-20(2)3/h9,11,18,30H,6-8,10,12-17,19H2,1-5H3/b21-11+/t28-/m0/s1. The third kappa shape index (κ3) is 7.00. The molecule has 4 nitrogen and oxygen atoms in total. The summed E-state index contributed by atoms with van der Waals surface area (Å²) in [5, 5.41) is 10.7. The molecule has 0 aromatic heterocycles. The number of carbonyl (C=O) groups is 1. The third-order valence-electron chi connectivity index (χ3n) is 6.66. The molecule has 1 aromatic carbocycles. The van der Waals surface area contributed by atoms with Crippen molar-refractivity contribution in [3.05, 3.63) is 46.1 Å². The summed E-state index contributed by atoms with van der Waals surface area (Å²) in [4.78, 5) is 14.9. The van der Waals surface area contributed by atoms with Gasteiger partial charge in [0.25, 0.3) is 5.91 Å². The Morgan fingerprint density at radius 2 is 1.94 bits per heavy atom. The highest BCUT2D eigenvalue weighted by molar-refractivity contribution is 8.76. The molecule has 0 radical (unpaired) electrons. The zero-order chi connectivity index (χ0) is 24.7. The van der Waals surface area contributed by atoms with Gasteiger partial charge in [-0.15, -0.1) is 0 Å². The van der Waals surface area contributed by atoms with Crippen LogP contribution in [-0.2, 0) is 13.0 Å². The first-order valence-electron chi connectivity index (χ1n) is 12.6. The van der Waals surface area contributed by atoms with Crippen LogP contribution in [0.15, 0.2) is 29.4 Å². The summed E-state index contributed by atoms with van der Waals surface area (Å²) in [6.45, 7) is 12.2. The Morgan fingerprint density at radius 1 is 1.18 bits per heavy atom. The minimum atomic E-state index is -0.283. The Kier molecular flexibility index (Phi) is 9.90. The van der Waals surface area contributed by atoms with Crippen molar-refractivity contribution in [2.75, 3.05) is 18.1 Å². The number of fused-ring (bicyclic) bond motifs is 3. The molecule has 0 bridgehead atoms. The maximum atomic E-state index is 13.0. The molecule has 34 heavy (non-hydrogen) atoms. The van der Waals surface area contributed by atoms with Crippen LogP contribution in [-0.4, -0.2) is 39.6 Å². The lowest BCUT2D eigenvalue weighted by atomic mass is 9.86. The fraction of sp³-hybridized carbons (Fsp3) is 0.607. The number of ether oxygens (including phenoxy) is 1. The number of carbonyl (C=O) groups excluding carboxylic acids is 1. The fourth-order valence-corrected chi connectivity index (χ4v) is 6.71. The van der Waals surface area contributed by atoms with E-state index in [1.165, 1.54) is 17.6 Å². The smallest absolute Gasteiger partial charge is 0.254 e. The number of amides is 1. The highest BCUT2D eigenvalue weighted by atomic mass is 33.1. The summed E-state index contributed by atoms with van der Waals surface area (Å²) in [7, 11) is 3.70. The second-order valence-electron chi connectivity index (χ2n) is 10.1. The minimum absolute atomic E-state index is 0.0139. The van der Waals surface area contributed by atoms with Gasteiger partial charge >= 0.3 is 0 Å². The lowest BCUT2D eigenvalue weighted by Gasteiger charge is -2.37. The number of rotatable bonds is 12. The molecule has 3 rings (SSSR count). The molecular formula is C28H41NO3S2. The molecule has 188 valence electrons. The molecule has 0 aliphatic carbocycles. The quantitative estimate of drug-likeness (QED) is 0.180. The molecule has 6 heteroatoms. The minimum Gasteiger partial charge on any atom is -0.508 e.